The van der Waals surface area contributed by atoms with Crippen LogP contribution in [0.3, 0.4) is 0 Å². The van der Waals surface area contributed by atoms with E-state index in [1.54, 1.807) is 6.07 Å². The third kappa shape index (κ3) is 1.96. The summed E-state index contributed by atoms with van der Waals surface area (Å²) in [4.78, 5) is 0. The minimum Gasteiger partial charge on any atom is -0.342 e. The maximum atomic E-state index is 13.7. The highest BCUT2D eigenvalue weighted by Gasteiger charge is 2.10. The molecule has 0 aliphatic heterocycles. The highest BCUT2D eigenvalue weighted by molar-refractivity contribution is 7.98. The molecule has 1 aromatic carbocycles. The number of para-hydroxylation sites is 1. The number of rotatable bonds is 4. The molecule has 1 aromatic heterocycles. The predicted molar refractivity (Wildman–Crippen MR) is 69.4 cm³/mol. The Hall–Kier alpha value is -0.960. The number of benzene rings is 1. The Labute approximate surface area is 99.6 Å². The molecule has 0 aliphatic rings. The number of fused-ring (bicyclic) bond motifs is 1. The first-order valence-corrected chi connectivity index (χ1v) is 6.77. The second kappa shape index (κ2) is 4.91. The number of halogens is 1. The van der Waals surface area contributed by atoms with Crippen LogP contribution in [0.5, 0.6) is 0 Å². The third-order valence-electron chi connectivity index (χ3n) is 2.73. The fourth-order valence-corrected chi connectivity index (χ4v) is 2.67. The maximum absolute atomic E-state index is 13.7. The smallest absolute Gasteiger partial charge is 0.147 e. The van der Waals surface area contributed by atoms with E-state index in [1.807, 2.05) is 17.8 Å². The molecular weight excluding hydrogens is 221 g/mol. The molecule has 16 heavy (non-hydrogen) atoms. The average Bonchev–Trinajstić information content (AvgIpc) is 2.65. The van der Waals surface area contributed by atoms with E-state index in [2.05, 4.69) is 24.5 Å². The van der Waals surface area contributed by atoms with Crippen molar-refractivity contribution < 1.29 is 4.39 Å². The quantitative estimate of drug-likeness (QED) is 0.776. The van der Waals surface area contributed by atoms with Crippen molar-refractivity contribution in [3.8, 4) is 0 Å². The zero-order valence-electron chi connectivity index (χ0n) is 9.66. The van der Waals surface area contributed by atoms with Crippen molar-refractivity contribution in [2.24, 2.45) is 0 Å². The molecule has 0 N–H and O–H groups in total. The van der Waals surface area contributed by atoms with Gasteiger partial charge in [0, 0.05) is 23.4 Å². The van der Waals surface area contributed by atoms with Crippen LogP contribution in [0.2, 0.25) is 0 Å². The Morgan fingerprint density at radius 3 is 2.81 bits per heavy atom. The van der Waals surface area contributed by atoms with Crippen molar-refractivity contribution in [2.45, 2.75) is 26.1 Å². The largest absolute Gasteiger partial charge is 0.342 e. The van der Waals surface area contributed by atoms with Gasteiger partial charge in [0.15, 0.2) is 0 Å². The van der Waals surface area contributed by atoms with Crippen molar-refractivity contribution in [1.82, 2.24) is 4.57 Å². The number of thioether (sulfide) groups is 1. The monoisotopic (exact) mass is 237 g/mol. The summed E-state index contributed by atoms with van der Waals surface area (Å²) in [6.07, 6.45) is 0. The number of aryl methyl sites for hydroxylation is 1. The van der Waals surface area contributed by atoms with Gasteiger partial charge in [0.05, 0.1) is 5.52 Å². The molecule has 86 valence electrons. The summed E-state index contributed by atoms with van der Waals surface area (Å²) >= 11 is 1.87. The zero-order valence-corrected chi connectivity index (χ0v) is 10.5. The maximum Gasteiger partial charge on any atom is 0.147 e. The van der Waals surface area contributed by atoms with E-state index in [9.17, 15) is 4.39 Å². The van der Waals surface area contributed by atoms with Crippen LogP contribution in [0.15, 0.2) is 24.3 Å². The Bertz CT molecular complexity index is 490. The van der Waals surface area contributed by atoms with Crippen molar-refractivity contribution in [3.05, 3.63) is 35.8 Å². The number of nitrogens with zero attached hydrogens (tertiary/aromatic N) is 1. The predicted octanol–water partition coefficient (Wildman–Crippen LogP) is 4.05. The summed E-state index contributed by atoms with van der Waals surface area (Å²) in [5.41, 5.74) is 1.96. The van der Waals surface area contributed by atoms with Crippen LogP contribution in [0, 0.1) is 5.82 Å². The SMILES string of the molecule is CCSCc1cc2cccc(F)c2n1CC. The molecule has 1 heterocycles. The highest BCUT2D eigenvalue weighted by atomic mass is 32.2. The molecule has 3 heteroatoms. The molecular formula is C13H16FNS. The van der Waals surface area contributed by atoms with E-state index in [0.717, 1.165) is 29.0 Å². The average molecular weight is 237 g/mol. The molecule has 1 nitrogen and oxygen atoms in total. The fourth-order valence-electron chi connectivity index (χ4n) is 2.02. The Balaban J connectivity index is 2.53. The molecule has 2 rings (SSSR count). The first-order chi connectivity index (χ1) is 7.77. The molecule has 2 aromatic rings. The van der Waals surface area contributed by atoms with E-state index >= 15 is 0 Å². The number of hydrogen-bond acceptors (Lipinski definition) is 1. The van der Waals surface area contributed by atoms with Crippen LogP contribution in [-0.4, -0.2) is 10.3 Å². The molecule has 0 atom stereocenters. The van der Waals surface area contributed by atoms with E-state index in [-0.39, 0.29) is 5.82 Å². The van der Waals surface area contributed by atoms with Crippen LogP contribution in [0.25, 0.3) is 10.9 Å². The Morgan fingerprint density at radius 1 is 1.31 bits per heavy atom. The van der Waals surface area contributed by atoms with E-state index in [1.165, 1.54) is 11.8 Å². The fraction of sp³-hybridized carbons (Fsp3) is 0.385. The van der Waals surface area contributed by atoms with Gasteiger partial charge < -0.3 is 4.57 Å². The number of hydrogen-bond donors (Lipinski definition) is 0. The van der Waals surface area contributed by atoms with Gasteiger partial charge in [0.25, 0.3) is 0 Å². The topological polar surface area (TPSA) is 4.93 Å². The minimum absolute atomic E-state index is 0.118. The molecule has 0 saturated heterocycles. The molecule has 0 radical (unpaired) electrons. The van der Waals surface area contributed by atoms with Gasteiger partial charge in [-0.3, -0.25) is 0 Å². The Morgan fingerprint density at radius 2 is 2.12 bits per heavy atom. The molecule has 0 aliphatic carbocycles. The van der Waals surface area contributed by atoms with Gasteiger partial charge >= 0.3 is 0 Å². The highest BCUT2D eigenvalue weighted by Crippen LogP contribution is 2.25. The minimum atomic E-state index is -0.118. The molecule has 0 bridgehead atoms. The van der Waals surface area contributed by atoms with Crippen molar-refractivity contribution >= 4 is 22.7 Å². The summed E-state index contributed by atoms with van der Waals surface area (Å²) in [5, 5.41) is 1.01. The van der Waals surface area contributed by atoms with Crippen molar-refractivity contribution in [3.63, 3.8) is 0 Å². The lowest BCUT2D eigenvalue weighted by molar-refractivity contribution is 0.624. The molecule has 0 unspecified atom stereocenters. The summed E-state index contributed by atoms with van der Waals surface area (Å²) in [5.74, 6) is 1.93. The van der Waals surface area contributed by atoms with Crippen molar-refractivity contribution in [1.29, 1.82) is 0 Å². The Kier molecular flexibility index (Phi) is 3.54. The molecule has 0 amide bonds. The normalized spacial score (nSPS) is 11.2. The van der Waals surface area contributed by atoms with Gasteiger partial charge in [-0.2, -0.15) is 11.8 Å². The van der Waals surface area contributed by atoms with Gasteiger partial charge in [-0.1, -0.05) is 19.1 Å². The van der Waals surface area contributed by atoms with Crippen LogP contribution >= 0.6 is 11.8 Å². The lowest BCUT2D eigenvalue weighted by Crippen LogP contribution is -2.00. The number of aromatic nitrogens is 1. The van der Waals surface area contributed by atoms with Crippen LogP contribution in [-0.2, 0) is 12.3 Å². The van der Waals surface area contributed by atoms with Gasteiger partial charge in [-0.05, 0) is 24.8 Å². The third-order valence-corrected chi connectivity index (χ3v) is 3.64. The van der Waals surface area contributed by atoms with Gasteiger partial charge in [0.1, 0.15) is 5.82 Å². The lowest BCUT2D eigenvalue weighted by atomic mass is 10.2. The summed E-state index contributed by atoms with van der Waals surface area (Å²) in [6, 6.07) is 7.38. The van der Waals surface area contributed by atoms with Crippen LogP contribution in [0.4, 0.5) is 4.39 Å². The lowest BCUT2D eigenvalue weighted by Gasteiger charge is -2.07. The van der Waals surface area contributed by atoms with Gasteiger partial charge in [-0.15, -0.1) is 0 Å². The van der Waals surface area contributed by atoms with E-state index < -0.39 is 0 Å². The second-order valence-electron chi connectivity index (χ2n) is 3.69. The molecule has 0 fully saturated rings. The standard InChI is InChI=1S/C13H16FNS/c1-3-15-11(9-16-4-2)8-10-6-5-7-12(14)13(10)15/h5-8H,3-4,9H2,1-2H3. The van der Waals surface area contributed by atoms with Gasteiger partial charge in [0.2, 0.25) is 0 Å². The molecule has 0 spiro atoms. The van der Waals surface area contributed by atoms with Crippen LogP contribution < -0.4 is 0 Å². The van der Waals surface area contributed by atoms with Gasteiger partial charge in [-0.25, -0.2) is 4.39 Å². The summed E-state index contributed by atoms with van der Waals surface area (Å²) in [6.45, 7) is 5.03. The van der Waals surface area contributed by atoms with Crippen molar-refractivity contribution in [2.75, 3.05) is 5.75 Å². The first-order valence-electron chi connectivity index (χ1n) is 5.62. The second-order valence-corrected chi connectivity index (χ2v) is 4.97. The van der Waals surface area contributed by atoms with E-state index in [0.29, 0.717) is 0 Å². The van der Waals surface area contributed by atoms with E-state index in [4.69, 9.17) is 0 Å². The first kappa shape index (κ1) is 11.5. The zero-order chi connectivity index (χ0) is 11.5. The molecule has 0 saturated carbocycles. The summed E-state index contributed by atoms with van der Waals surface area (Å²) in [7, 11) is 0. The van der Waals surface area contributed by atoms with Crippen LogP contribution in [0.1, 0.15) is 19.5 Å². The summed E-state index contributed by atoms with van der Waals surface area (Å²) < 4.78 is 15.8.